The lowest BCUT2D eigenvalue weighted by atomic mass is 10.0. The topological polar surface area (TPSA) is 37.1 Å². The van der Waals surface area contributed by atoms with Gasteiger partial charge in [-0.15, -0.1) is 0 Å². The summed E-state index contributed by atoms with van der Waals surface area (Å²) in [7, 11) is -3.47. The monoisotopic (exact) mass is 315 g/mol. The second-order valence-electron chi connectivity index (χ2n) is 6.38. The van der Waals surface area contributed by atoms with E-state index in [0.29, 0.717) is 11.4 Å². The predicted molar refractivity (Wildman–Crippen MR) is 88.3 cm³/mol. The lowest BCUT2D eigenvalue weighted by Crippen LogP contribution is -2.21. The van der Waals surface area contributed by atoms with E-state index in [9.17, 15) is 8.42 Å². The molecule has 3 rings (SSSR count). The molecule has 1 fully saturated rings. The van der Waals surface area contributed by atoms with Gasteiger partial charge in [0.05, 0.1) is 10.4 Å². The fourth-order valence-corrected chi connectivity index (χ4v) is 5.52. The van der Waals surface area contributed by atoms with Gasteiger partial charge >= 0.3 is 0 Å². The maximum absolute atomic E-state index is 13.1. The molecule has 2 atom stereocenters. The maximum Gasteiger partial charge on any atom is 0.244 e. The Balaban J connectivity index is 2.04. The zero-order valence-electron chi connectivity index (χ0n) is 13.4. The van der Waals surface area contributed by atoms with E-state index in [4.69, 9.17) is 0 Å². The molecule has 2 aromatic carbocycles. The van der Waals surface area contributed by atoms with Gasteiger partial charge in [0.25, 0.3) is 0 Å². The van der Waals surface area contributed by atoms with Crippen LogP contribution in [-0.4, -0.2) is 19.3 Å². The molecule has 0 spiro atoms. The minimum atomic E-state index is -3.47. The molecule has 0 N–H and O–H groups in total. The standard InChI is InChI=1S/C18H21NO2S/c1-13-10-14(2)17(15(3)11-13)22(20,21)19-12-18(19,4)16-8-6-5-7-9-16/h5-11H,12H2,1-4H3. The van der Waals surface area contributed by atoms with E-state index in [1.54, 1.807) is 4.31 Å². The Morgan fingerprint density at radius 1 is 1.00 bits per heavy atom. The molecular weight excluding hydrogens is 294 g/mol. The van der Waals surface area contributed by atoms with E-state index >= 15 is 0 Å². The summed E-state index contributed by atoms with van der Waals surface area (Å²) < 4.78 is 27.7. The Labute approximate surface area is 132 Å². The minimum absolute atomic E-state index is 0.427. The van der Waals surface area contributed by atoms with Crippen molar-refractivity contribution in [2.45, 2.75) is 38.1 Å². The van der Waals surface area contributed by atoms with Gasteiger partial charge in [-0.1, -0.05) is 48.0 Å². The summed E-state index contributed by atoms with van der Waals surface area (Å²) in [5, 5.41) is 0. The van der Waals surface area contributed by atoms with Crippen LogP contribution in [0.2, 0.25) is 0 Å². The van der Waals surface area contributed by atoms with Crippen LogP contribution in [0.1, 0.15) is 29.2 Å². The summed E-state index contributed by atoms with van der Waals surface area (Å²) in [6.45, 7) is 8.25. The van der Waals surface area contributed by atoms with Gasteiger partial charge in [0.1, 0.15) is 0 Å². The van der Waals surface area contributed by atoms with Gasteiger partial charge in [0, 0.05) is 6.54 Å². The number of sulfonamides is 1. The van der Waals surface area contributed by atoms with E-state index in [0.717, 1.165) is 22.3 Å². The van der Waals surface area contributed by atoms with E-state index in [1.807, 2.05) is 70.2 Å². The van der Waals surface area contributed by atoms with Crippen LogP contribution in [0.15, 0.2) is 47.4 Å². The first-order valence-electron chi connectivity index (χ1n) is 7.43. The van der Waals surface area contributed by atoms with Crippen LogP contribution >= 0.6 is 0 Å². The smallest absolute Gasteiger partial charge is 0.207 e. The van der Waals surface area contributed by atoms with E-state index < -0.39 is 15.6 Å². The molecule has 0 aliphatic carbocycles. The first kappa shape index (κ1) is 15.3. The van der Waals surface area contributed by atoms with Gasteiger partial charge in [0.2, 0.25) is 10.0 Å². The van der Waals surface area contributed by atoms with Crippen LogP contribution in [0.4, 0.5) is 0 Å². The largest absolute Gasteiger partial charge is 0.244 e. The molecule has 116 valence electrons. The number of nitrogens with zero attached hydrogens (tertiary/aromatic N) is 1. The average Bonchev–Trinajstić information content (AvgIpc) is 3.13. The Morgan fingerprint density at radius 2 is 1.55 bits per heavy atom. The van der Waals surface area contributed by atoms with Gasteiger partial charge in [-0.25, -0.2) is 8.42 Å². The number of benzene rings is 2. The molecule has 4 heteroatoms. The van der Waals surface area contributed by atoms with Gasteiger partial charge < -0.3 is 0 Å². The van der Waals surface area contributed by atoms with Crippen molar-refractivity contribution in [2.24, 2.45) is 0 Å². The Kier molecular flexibility index (Phi) is 3.42. The van der Waals surface area contributed by atoms with Crippen LogP contribution < -0.4 is 0 Å². The van der Waals surface area contributed by atoms with E-state index in [1.165, 1.54) is 0 Å². The molecule has 1 aliphatic rings. The van der Waals surface area contributed by atoms with E-state index in [2.05, 4.69) is 0 Å². The molecule has 3 nitrogen and oxygen atoms in total. The first-order chi connectivity index (χ1) is 10.3. The lowest BCUT2D eigenvalue weighted by Gasteiger charge is -2.17. The fourth-order valence-electron chi connectivity index (χ4n) is 3.31. The SMILES string of the molecule is Cc1cc(C)c(S(=O)(=O)N2CC2(C)c2ccccc2)c(C)c1. The Morgan fingerprint density at radius 3 is 2.09 bits per heavy atom. The van der Waals surface area contributed by atoms with Gasteiger partial charge in [0.15, 0.2) is 0 Å². The lowest BCUT2D eigenvalue weighted by molar-refractivity contribution is 0.522. The van der Waals surface area contributed by atoms with Crippen molar-refractivity contribution < 1.29 is 8.42 Å². The third-order valence-corrected chi connectivity index (χ3v) is 6.72. The maximum atomic E-state index is 13.1. The van der Waals surface area contributed by atoms with Crippen molar-refractivity contribution in [3.63, 3.8) is 0 Å². The van der Waals surface area contributed by atoms with Crippen molar-refractivity contribution in [1.29, 1.82) is 0 Å². The van der Waals surface area contributed by atoms with Crippen molar-refractivity contribution in [1.82, 2.24) is 4.31 Å². The van der Waals surface area contributed by atoms with Crippen molar-refractivity contribution >= 4 is 10.0 Å². The van der Waals surface area contributed by atoms with Crippen molar-refractivity contribution in [2.75, 3.05) is 6.54 Å². The minimum Gasteiger partial charge on any atom is -0.207 e. The Hall–Kier alpha value is -1.65. The molecule has 0 amide bonds. The van der Waals surface area contributed by atoms with Gasteiger partial charge in [-0.2, -0.15) is 4.31 Å². The van der Waals surface area contributed by atoms with Crippen LogP contribution in [-0.2, 0) is 15.6 Å². The summed E-state index contributed by atoms with van der Waals surface area (Å²) in [5.41, 5.74) is 3.34. The molecule has 2 unspecified atom stereocenters. The summed E-state index contributed by atoms with van der Waals surface area (Å²) in [6.07, 6.45) is 0. The summed E-state index contributed by atoms with van der Waals surface area (Å²) in [5.74, 6) is 0. The van der Waals surface area contributed by atoms with Gasteiger partial charge in [-0.3, -0.25) is 0 Å². The molecular formula is C18H21NO2S. The van der Waals surface area contributed by atoms with Crippen LogP contribution in [0.3, 0.4) is 0 Å². The van der Waals surface area contributed by atoms with Crippen molar-refractivity contribution in [3.05, 3.63) is 64.7 Å². The van der Waals surface area contributed by atoms with Crippen LogP contribution in [0.5, 0.6) is 0 Å². The molecule has 1 aliphatic heterocycles. The molecule has 0 saturated carbocycles. The first-order valence-corrected chi connectivity index (χ1v) is 8.87. The highest BCUT2D eigenvalue weighted by Gasteiger charge is 2.56. The second-order valence-corrected chi connectivity index (χ2v) is 8.18. The molecule has 2 aromatic rings. The number of rotatable bonds is 3. The molecule has 0 bridgehead atoms. The number of hydrogen-bond acceptors (Lipinski definition) is 2. The normalized spacial score (nSPS) is 24.3. The third-order valence-electron chi connectivity index (χ3n) is 4.45. The second kappa shape index (κ2) is 4.93. The fraction of sp³-hybridized carbons (Fsp3) is 0.333. The highest BCUT2D eigenvalue weighted by molar-refractivity contribution is 7.89. The zero-order valence-corrected chi connectivity index (χ0v) is 14.2. The summed E-state index contributed by atoms with van der Waals surface area (Å²) in [6, 6.07) is 13.7. The predicted octanol–water partition coefficient (Wildman–Crippen LogP) is 3.53. The van der Waals surface area contributed by atoms with Crippen molar-refractivity contribution in [3.8, 4) is 0 Å². The molecule has 22 heavy (non-hydrogen) atoms. The highest BCUT2D eigenvalue weighted by Crippen LogP contribution is 2.47. The summed E-state index contributed by atoms with van der Waals surface area (Å²) >= 11 is 0. The van der Waals surface area contributed by atoms with E-state index in [-0.39, 0.29) is 0 Å². The molecule has 1 saturated heterocycles. The highest BCUT2D eigenvalue weighted by atomic mass is 32.2. The zero-order chi connectivity index (χ0) is 16.1. The third kappa shape index (κ3) is 2.27. The molecule has 1 heterocycles. The van der Waals surface area contributed by atoms with Crippen LogP contribution in [0, 0.1) is 20.8 Å². The molecule has 0 radical (unpaired) electrons. The number of aryl methyl sites for hydroxylation is 3. The molecule has 0 aromatic heterocycles. The van der Waals surface area contributed by atoms with Crippen LogP contribution in [0.25, 0.3) is 0 Å². The number of hydrogen-bond donors (Lipinski definition) is 0. The average molecular weight is 315 g/mol. The Bertz CT molecular complexity index is 804. The van der Waals surface area contributed by atoms with Gasteiger partial charge in [-0.05, 0) is 44.4 Å². The summed E-state index contributed by atoms with van der Waals surface area (Å²) in [4.78, 5) is 0.456. The quantitative estimate of drug-likeness (QED) is 0.813.